The van der Waals surface area contributed by atoms with Gasteiger partial charge >= 0.3 is 6.09 Å². The second kappa shape index (κ2) is 10.5. The number of nitrogens with one attached hydrogen (secondary N) is 1. The van der Waals surface area contributed by atoms with Gasteiger partial charge in [-0.1, -0.05) is 31.2 Å². The zero-order valence-corrected chi connectivity index (χ0v) is 20.2. The molecular weight excluding hydrogens is 420 g/mol. The summed E-state index contributed by atoms with van der Waals surface area (Å²) >= 11 is 0. The van der Waals surface area contributed by atoms with Gasteiger partial charge in [0.1, 0.15) is 11.1 Å². The molecule has 0 aromatic heterocycles. The second-order valence-corrected chi connectivity index (χ2v) is 9.84. The van der Waals surface area contributed by atoms with E-state index in [0.29, 0.717) is 39.0 Å². The molecule has 2 aliphatic heterocycles. The van der Waals surface area contributed by atoms with Crippen LogP contribution in [0.4, 0.5) is 10.5 Å². The van der Waals surface area contributed by atoms with E-state index in [4.69, 9.17) is 9.47 Å². The van der Waals surface area contributed by atoms with E-state index in [2.05, 4.69) is 5.32 Å². The van der Waals surface area contributed by atoms with Gasteiger partial charge in [-0.05, 0) is 57.2 Å². The lowest BCUT2D eigenvalue weighted by Gasteiger charge is -2.37. The number of hydrogen-bond acceptors (Lipinski definition) is 5. The summed E-state index contributed by atoms with van der Waals surface area (Å²) in [5.74, 6) is -0.218. The van der Waals surface area contributed by atoms with Crippen LogP contribution in [0, 0.1) is 5.92 Å². The highest BCUT2D eigenvalue weighted by Gasteiger charge is 2.42. The van der Waals surface area contributed by atoms with E-state index in [1.165, 1.54) is 5.56 Å². The van der Waals surface area contributed by atoms with Crippen molar-refractivity contribution in [2.24, 2.45) is 5.92 Å². The Labute approximate surface area is 196 Å². The van der Waals surface area contributed by atoms with Gasteiger partial charge in [0.05, 0.1) is 0 Å². The Balaban J connectivity index is 1.66. The fraction of sp³-hybridized carbons (Fsp3) is 0.577. The number of para-hydroxylation sites is 1. The fourth-order valence-electron chi connectivity index (χ4n) is 4.35. The lowest BCUT2D eigenvalue weighted by molar-refractivity contribution is -0.130. The third kappa shape index (κ3) is 6.44. The normalized spacial score (nSPS) is 18.6. The molecule has 2 amide bonds. The minimum absolute atomic E-state index is 0.0490. The number of fused-ring (bicyclic) bond motifs is 1. The first kappa shape index (κ1) is 25.0. The Morgan fingerprint density at radius 1 is 1.21 bits per heavy atom. The van der Waals surface area contributed by atoms with Crippen molar-refractivity contribution in [1.82, 2.24) is 5.32 Å². The molecule has 0 radical (unpaired) electrons. The largest absolute Gasteiger partial charge is 0.444 e. The van der Waals surface area contributed by atoms with Gasteiger partial charge in [-0.3, -0.25) is 9.59 Å². The molecular formula is C26H36N2O5. The lowest BCUT2D eigenvalue weighted by Crippen LogP contribution is -2.58. The molecule has 1 fully saturated rings. The summed E-state index contributed by atoms with van der Waals surface area (Å²) in [6.45, 7) is 8.84. The number of carbonyl (C=O) groups is 3. The number of allylic oxidation sites excluding steroid dienone is 1. The van der Waals surface area contributed by atoms with Crippen LogP contribution in [-0.4, -0.2) is 48.7 Å². The molecule has 3 rings (SSSR count). The van der Waals surface area contributed by atoms with Crippen LogP contribution in [0.5, 0.6) is 0 Å². The Morgan fingerprint density at radius 2 is 1.91 bits per heavy atom. The van der Waals surface area contributed by atoms with Gasteiger partial charge in [0.15, 0.2) is 5.78 Å². The van der Waals surface area contributed by atoms with Gasteiger partial charge in [-0.15, -0.1) is 0 Å². The van der Waals surface area contributed by atoms with Gasteiger partial charge in [-0.2, -0.15) is 0 Å². The Morgan fingerprint density at radius 3 is 2.58 bits per heavy atom. The third-order valence-corrected chi connectivity index (χ3v) is 6.26. The predicted octanol–water partition coefficient (Wildman–Crippen LogP) is 4.19. The fourth-order valence-corrected chi connectivity index (χ4v) is 4.35. The molecule has 1 saturated heterocycles. The quantitative estimate of drug-likeness (QED) is 0.622. The van der Waals surface area contributed by atoms with Crippen LogP contribution in [0.25, 0.3) is 0 Å². The SMILES string of the molecule is CC[C@@H](/C=C/C(=O)N1CCc2ccccc21)CC(=O)C1(NC(=O)OC(C)(C)C)CCOCC1. The molecule has 33 heavy (non-hydrogen) atoms. The van der Waals surface area contributed by atoms with Gasteiger partial charge in [0, 0.05) is 44.7 Å². The van der Waals surface area contributed by atoms with E-state index in [0.717, 1.165) is 12.1 Å². The summed E-state index contributed by atoms with van der Waals surface area (Å²) in [5, 5.41) is 2.85. The maximum absolute atomic E-state index is 13.4. The van der Waals surface area contributed by atoms with E-state index in [9.17, 15) is 14.4 Å². The molecule has 0 aliphatic carbocycles. The standard InChI is InChI=1S/C26H36N2O5/c1-5-19(10-11-23(30)28-15-12-20-8-6-7-9-21(20)28)18-22(29)26(13-16-32-17-14-26)27-24(31)33-25(2,3)4/h6-11,19H,5,12-18H2,1-4H3,(H,27,31)/b11-10+/t19-/m0/s1. The molecule has 1 N–H and O–H groups in total. The molecule has 1 aromatic carbocycles. The van der Waals surface area contributed by atoms with Crippen molar-refractivity contribution in [1.29, 1.82) is 0 Å². The minimum Gasteiger partial charge on any atom is -0.444 e. The number of ether oxygens (including phenoxy) is 2. The number of anilines is 1. The van der Waals surface area contributed by atoms with Crippen LogP contribution in [0.15, 0.2) is 36.4 Å². The molecule has 180 valence electrons. The molecule has 0 saturated carbocycles. The van der Waals surface area contributed by atoms with E-state index in [-0.39, 0.29) is 24.0 Å². The van der Waals surface area contributed by atoms with E-state index >= 15 is 0 Å². The molecule has 7 heteroatoms. The summed E-state index contributed by atoms with van der Waals surface area (Å²) in [6.07, 6.45) is 5.46. The monoisotopic (exact) mass is 456 g/mol. The first-order valence-electron chi connectivity index (χ1n) is 11.8. The smallest absolute Gasteiger partial charge is 0.408 e. The topological polar surface area (TPSA) is 84.9 Å². The predicted molar refractivity (Wildman–Crippen MR) is 127 cm³/mol. The molecule has 2 aliphatic rings. The number of benzene rings is 1. The van der Waals surface area contributed by atoms with Crippen molar-refractivity contribution in [3.63, 3.8) is 0 Å². The second-order valence-electron chi connectivity index (χ2n) is 9.84. The average molecular weight is 457 g/mol. The van der Waals surface area contributed by atoms with Crippen LogP contribution in [-0.2, 0) is 25.5 Å². The highest BCUT2D eigenvalue weighted by Crippen LogP contribution is 2.29. The third-order valence-electron chi connectivity index (χ3n) is 6.26. The zero-order valence-electron chi connectivity index (χ0n) is 20.2. The molecule has 7 nitrogen and oxygen atoms in total. The van der Waals surface area contributed by atoms with Crippen molar-refractivity contribution < 1.29 is 23.9 Å². The number of Topliss-reactive ketones (excluding diaryl/α,β-unsaturated/α-hetero) is 1. The first-order chi connectivity index (χ1) is 15.6. The summed E-state index contributed by atoms with van der Waals surface area (Å²) in [7, 11) is 0. The molecule has 2 heterocycles. The number of nitrogens with zero attached hydrogens (tertiary/aromatic N) is 1. The molecule has 1 atom stereocenters. The maximum Gasteiger partial charge on any atom is 0.408 e. The van der Waals surface area contributed by atoms with Crippen molar-refractivity contribution in [2.75, 3.05) is 24.7 Å². The van der Waals surface area contributed by atoms with Gasteiger partial charge in [-0.25, -0.2) is 4.79 Å². The van der Waals surface area contributed by atoms with Crippen LogP contribution in [0.2, 0.25) is 0 Å². The highest BCUT2D eigenvalue weighted by atomic mass is 16.6. The van der Waals surface area contributed by atoms with Gasteiger partial charge in [0.2, 0.25) is 0 Å². The summed E-state index contributed by atoms with van der Waals surface area (Å²) in [6, 6.07) is 7.93. The number of alkyl carbamates (subject to hydrolysis) is 1. The van der Waals surface area contributed by atoms with Crippen LogP contribution in [0.3, 0.4) is 0 Å². The van der Waals surface area contributed by atoms with Crippen LogP contribution < -0.4 is 10.2 Å². The first-order valence-corrected chi connectivity index (χ1v) is 11.8. The minimum atomic E-state index is -1.00. The van der Waals surface area contributed by atoms with Gasteiger partial charge < -0.3 is 19.7 Å². The summed E-state index contributed by atoms with van der Waals surface area (Å²) in [5.41, 5.74) is 0.484. The molecule has 0 bridgehead atoms. The summed E-state index contributed by atoms with van der Waals surface area (Å²) < 4.78 is 10.8. The lowest BCUT2D eigenvalue weighted by atomic mass is 9.81. The van der Waals surface area contributed by atoms with Crippen LogP contribution in [0.1, 0.15) is 58.9 Å². The van der Waals surface area contributed by atoms with Crippen molar-refractivity contribution in [3.05, 3.63) is 42.0 Å². The zero-order chi connectivity index (χ0) is 24.1. The molecule has 0 spiro atoms. The van der Waals surface area contributed by atoms with Crippen molar-refractivity contribution in [3.8, 4) is 0 Å². The number of amides is 2. The highest BCUT2D eigenvalue weighted by molar-refractivity contribution is 6.03. The molecule has 1 aromatic rings. The number of carbonyl (C=O) groups excluding carboxylic acids is 3. The Bertz CT molecular complexity index is 896. The van der Waals surface area contributed by atoms with Crippen molar-refractivity contribution >= 4 is 23.5 Å². The summed E-state index contributed by atoms with van der Waals surface area (Å²) in [4.78, 5) is 40.5. The van der Waals surface area contributed by atoms with E-state index in [1.54, 1.807) is 31.7 Å². The van der Waals surface area contributed by atoms with E-state index in [1.807, 2.05) is 37.3 Å². The molecule has 0 unspecified atom stereocenters. The number of hydrogen-bond donors (Lipinski definition) is 1. The number of rotatable bonds is 7. The van der Waals surface area contributed by atoms with Gasteiger partial charge in [0.25, 0.3) is 5.91 Å². The van der Waals surface area contributed by atoms with Crippen molar-refractivity contribution in [2.45, 2.75) is 70.9 Å². The number of ketones is 1. The Kier molecular flexibility index (Phi) is 7.95. The maximum atomic E-state index is 13.4. The Hall–Kier alpha value is -2.67. The average Bonchev–Trinajstić information content (AvgIpc) is 3.19. The van der Waals surface area contributed by atoms with E-state index < -0.39 is 17.2 Å². The van der Waals surface area contributed by atoms with Crippen LogP contribution >= 0.6 is 0 Å².